The lowest BCUT2D eigenvalue weighted by atomic mass is 9.81. The van der Waals surface area contributed by atoms with Crippen LogP contribution in [-0.2, 0) is 37.2 Å². The molecule has 0 amide bonds. The highest BCUT2D eigenvalue weighted by Gasteiger charge is 2.57. The summed E-state index contributed by atoms with van der Waals surface area (Å²) in [6.45, 7) is 11.0. The number of ether oxygens (including phenoxy) is 5. The minimum Gasteiger partial charge on any atom is -0.691 e. The second-order valence-corrected chi connectivity index (χ2v) is 11.0. The summed E-state index contributed by atoms with van der Waals surface area (Å²) in [4.78, 5) is 0. The lowest BCUT2D eigenvalue weighted by molar-refractivity contribution is -0.777. The fourth-order valence-corrected chi connectivity index (χ4v) is 4.76. The van der Waals surface area contributed by atoms with E-state index in [1.165, 1.54) is 0 Å². The molecule has 0 spiro atoms. The maximum Gasteiger partial charge on any atom is 0.194 e. The third-order valence-electron chi connectivity index (χ3n) is 5.75. The molecule has 0 aromatic rings. The van der Waals surface area contributed by atoms with Crippen LogP contribution >= 0.6 is 12.3 Å². The Morgan fingerprint density at radius 1 is 1.00 bits per heavy atom. The molecule has 3 rings (SSSR count). The molecule has 3 saturated heterocycles. The van der Waals surface area contributed by atoms with Crippen molar-refractivity contribution >= 4 is 12.3 Å². The summed E-state index contributed by atoms with van der Waals surface area (Å²) in [5.74, 6) is 0. The summed E-state index contributed by atoms with van der Waals surface area (Å²) in [6, 6.07) is 0. The molecule has 3 aliphatic rings. The van der Waals surface area contributed by atoms with Crippen LogP contribution in [0.3, 0.4) is 0 Å². The molecule has 3 heterocycles. The van der Waals surface area contributed by atoms with Gasteiger partial charge in [-0.15, -0.1) is 4.33 Å². The molecule has 0 radical (unpaired) electrons. The minimum atomic E-state index is -1.36. The highest BCUT2D eigenvalue weighted by Crippen LogP contribution is 2.40. The molecule has 0 aromatic heterocycles. The molecule has 0 saturated carbocycles. The zero-order valence-electron chi connectivity index (χ0n) is 19.6. The van der Waals surface area contributed by atoms with Crippen molar-refractivity contribution in [2.75, 3.05) is 13.2 Å². The van der Waals surface area contributed by atoms with Gasteiger partial charge in [0.1, 0.15) is 48.8 Å². The summed E-state index contributed by atoms with van der Waals surface area (Å²) in [5, 5.41) is 45.2. The quantitative estimate of drug-likeness (QED) is 0.168. The van der Waals surface area contributed by atoms with E-state index >= 15 is 0 Å². The van der Waals surface area contributed by atoms with E-state index < -0.39 is 73.4 Å². The Bertz CT molecular complexity index is 625. The van der Waals surface area contributed by atoms with Crippen molar-refractivity contribution in [2.24, 2.45) is 5.41 Å². The first-order valence-electron chi connectivity index (χ1n) is 10.9. The van der Waals surface area contributed by atoms with Gasteiger partial charge >= 0.3 is 0 Å². The van der Waals surface area contributed by atoms with E-state index in [4.69, 9.17) is 27.9 Å². The summed E-state index contributed by atoms with van der Waals surface area (Å²) in [5.41, 5.74) is -1.02. The van der Waals surface area contributed by atoms with Crippen molar-refractivity contribution in [2.45, 2.75) is 108 Å². The molecule has 4 unspecified atom stereocenters. The number of rotatable bonds is 8. The number of hydrogen-bond acceptors (Lipinski definition) is 13. The lowest BCUT2D eigenvalue weighted by Crippen LogP contribution is -2.64. The summed E-state index contributed by atoms with van der Waals surface area (Å²) < 4.78 is 39.2. The van der Waals surface area contributed by atoms with E-state index in [2.05, 4.69) is 9.37 Å². The van der Waals surface area contributed by atoms with Crippen LogP contribution in [-0.4, -0.2) is 95.4 Å². The highest BCUT2D eigenvalue weighted by atomic mass is 32.2. The standard InChI is InChI=1S/C20H36O12S/c1-19(2,3)17-11(22)15-13(10(26-17)8-25-15)28-18-12(23)16(29-20(4,5)6)14(9(7-21)27-18)30-33-32-31-24/h9-18,21-24H,7-8H2,1-6H3/p-1/t9?,10-,11?,12?,13-,14+,15?,16-,17-,18-/m0/s1. The van der Waals surface area contributed by atoms with Gasteiger partial charge in [-0.2, -0.15) is 0 Å². The Morgan fingerprint density at radius 3 is 2.27 bits per heavy atom. The van der Waals surface area contributed by atoms with E-state index in [1.54, 1.807) is 20.8 Å². The van der Waals surface area contributed by atoms with E-state index in [1.807, 2.05) is 20.8 Å². The third kappa shape index (κ3) is 6.36. The second kappa shape index (κ2) is 10.9. The zero-order chi connectivity index (χ0) is 24.6. The SMILES string of the molecule is CC(C)(C)O[C@H]1C(O)[C@H](O[C@@H]2C3OC[C@@H]2O[C@H](C(C)(C)C)C3O)OC(CO)[C@H]1OSOO[O-]. The molecule has 194 valence electrons. The summed E-state index contributed by atoms with van der Waals surface area (Å²) in [7, 11) is 0. The molecule has 3 aliphatic heterocycles. The van der Waals surface area contributed by atoms with Crippen LogP contribution in [0.4, 0.5) is 0 Å². The van der Waals surface area contributed by atoms with Crippen molar-refractivity contribution in [1.29, 1.82) is 0 Å². The van der Waals surface area contributed by atoms with Gasteiger partial charge in [0.2, 0.25) is 0 Å². The van der Waals surface area contributed by atoms with Crippen LogP contribution in [0.2, 0.25) is 0 Å². The van der Waals surface area contributed by atoms with E-state index in [-0.39, 0.29) is 24.3 Å². The Balaban J connectivity index is 1.77. The van der Waals surface area contributed by atoms with Crippen LogP contribution in [0.15, 0.2) is 0 Å². The van der Waals surface area contributed by atoms with E-state index in [9.17, 15) is 20.6 Å². The molecule has 0 aromatic carbocycles. The van der Waals surface area contributed by atoms with Crippen LogP contribution in [0.25, 0.3) is 0 Å². The van der Waals surface area contributed by atoms with E-state index in [0.29, 0.717) is 0 Å². The minimum absolute atomic E-state index is 0.224. The zero-order valence-corrected chi connectivity index (χ0v) is 20.4. The smallest absolute Gasteiger partial charge is 0.194 e. The number of hydrogen-bond donors (Lipinski definition) is 3. The van der Waals surface area contributed by atoms with Gasteiger partial charge in [0.15, 0.2) is 18.6 Å². The second-order valence-electron chi connectivity index (χ2n) is 10.5. The van der Waals surface area contributed by atoms with Gasteiger partial charge in [-0.05, 0) is 26.2 Å². The molecule has 12 nitrogen and oxygen atoms in total. The molecule has 33 heavy (non-hydrogen) atoms. The van der Waals surface area contributed by atoms with Gasteiger partial charge < -0.3 is 44.3 Å². The summed E-state index contributed by atoms with van der Waals surface area (Å²) >= 11 is 0.230. The fraction of sp³-hybridized carbons (Fsp3) is 1.00. The van der Waals surface area contributed by atoms with E-state index in [0.717, 1.165) is 0 Å². The largest absolute Gasteiger partial charge is 0.691 e. The van der Waals surface area contributed by atoms with Crippen LogP contribution in [0, 0.1) is 5.41 Å². The number of aliphatic hydroxyl groups excluding tert-OH is 3. The van der Waals surface area contributed by atoms with Gasteiger partial charge in [-0.1, -0.05) is 20.8 Å². The van der Waals surface area contributed by atoms with Gasteiger partial charge in [-0.25, -0.2) is 0 Å². The van der Waals surface area contributed by atoms with Crippen molar-refractivity contribution in [3.63, 3.8) is 0 Å². The van der Waals surface area contributed by atoms with Gasteiger partial charge in [0.05, 0.1) is 24.9 Å². The first kappa shape index (κ1) is 27.5. The normalized spacial score (nSPS) is 42.0. The third-order valence-corrected chi connectivity index (χ3v) is 6.16. The lowest BCUT2D eigenvalue weighted by Gasteiger charge is -2.48. The highest BCUT2D eigenvalue weighted by molar-refractivity contribution is 7.89. The molecule has 3 fully saturated rings. The fourth-order valence-electron chi connectivity index (χ4n) is 4.38. The van der Waals surface area contributed by atoms with Crippen molar-refractivity contribution in [3.8, 4) is 0 Å². The topological polar surface area (TPSA) is 158 Å². The van der Waals surface area contributed by atoms with Gasteiger partial charge in [0, 0.05) is 0 Å². The molecule has 2 bridgehead atoms. The first-order chi connectivity index (χ1) is 15.4. The predicted octanol–water partition coefficient (Wildman–Crippen LogP) is -0.621. The Morgan fingerprint density at radius 2 is 1.70 bits per heavy atom. The Hall–Kier alpha value is -0.130. The Labute approximate surface area is 197 Å². The predicted molar refractivity (Wildman–Crippen MR) is 110 cm³/mol. The van der Waals surface area contributed by atoms with Crippen molar-refractivity contribution < 1.29 is 57.8 Å². The number of aliphatic hydroxyl groups is 3. The maximum atomic E-state index is 11.1. The monoisotopic (exact) mass is 499 g/mol. The number of fused-ring (bicyclic) bond motifs is 2. The van der Waals surface area contributed by atoms with Crippen LogP contribution in [0.5, 0.6) is 0 Å². The van der Waals surface area contributed by atoms with Gasteiger partial charge in [-0.3, -0.25) is 9.22 Å². The van der Waals surface area contributed by atoms with Gasteiger partial charge in [0.25, 0.3) is 0 Å². The molecule has 10 atom stereocenters. The average Bonchev–Trinajstić information content (AvgIpc) is 3.01. The average molecular weight is 500 g/mol. The molecular formula is C20H35O12S-. The molecule has 13 heteroatoms. The van der Waals surface area contributed by atoms with Crippen LogP contribution < -0.4 is 5.26 Å². The van der Waals surface area contributed by atoms with Crippen LogP contribution in [0.1, 0.15) is 41.5 Å². The molecule has 0 aliphatic carbocycles. The summed E-state index contributed by atoms with van der Waals surface area (Å²) in [6.07, 6.45) is -8.91. The first-order valence-corrected chi connectivity index (χ1v) is 11.6. The molecular weight excluding hydrogens is 464 g/mol. The maximum absolute atomic E-state index is 11.1. The molecule has 3 N–H and O–H groups in total. The Kier molecular flexibility index (Phi) is 9.04. The van der Waals surface area contributed by atoms with Crippen molar-refractivity contribution in [1.82, 2.24) is 0 Å². The van der Waals surface area contributed by atoms with Crippen molar-refractivity contribution in [3.05, 3.63) is 0 Å².